The topological polar surface area (TPSA) is 469 Å². The average molecular weight is 1190 g/mol. The average Bonchev–Trinajstić information content (AvgIpc) is 3.66. The van der Waals surface area contributed by atoms with Crippen molar-refractivity contribution in [1.29, 1.82) is 0 Å². The number of carboxylic acid groups (broad SMARTS) is 1. The summed E-state index contributed by atoms with van der Waals surface area (Å²) in [6, 6.07) is 7.38. The molecule has 0 aliphatic heterocycles. The number of phenolic OH excluding ortho intramolecular Hbond substituents is 2. The number of aliphatic hydroxyl groups is 1. The first kappa shape index (κ1) is 70.6. The van der Waals surface area contributed by atoms with Crippen LogP contribution in [0, 0.1) is 11.8 Å². The molecule has 27 heteroatoms. The fourth-order valence-corrected chi connectivity index (χ4v) is 8.76. The van der Waals surface area contributed by atoms with Gasteiger partial charge in [-0.2, -0.15) is 0 Å². The minimum Gasteiger partial charge on any atom is -0.508 e. The number of aliphatic carboxylic acids is 1. The van der Waals surface area contributed by atoms with Gasteiger partial charge in [-0.3, -0.25) is 47.9 Å². The maximum absolute atomic E-state index is 14.6. The van der Waals surface area contributed by atoms with Crippen molar-refractivity contribution in [2.45, 2.75) is 159 Å². The quantitative estimate of drug-likeness (QED) is 0.0280. The molecule has 0 bridgehead atoms. The maximum atomic E-state index is 14.6. The van der Waals surface area contributed by atoms with Gasteiger partial charge < -0.3 is 85.9 Å². The van der Waals surface area contributed by atoms with Crippen LogP contribution in [0.5, 0.6) is 11.5 Å². The van der Waals surface area contributed by atoms with Crippen LogP contribution < -0.4 is 65.5 Å². The number of primary amides is 2. The van der Waals surface area contributed by atoms with Crippen LogP contribution in [0.3, 0.4) is 0 Å². The van der Waals surface area contributed by atoms with Gasteiger partial charge >= 0.3 is 5.97 Å². The van der Waals surface area contributed by atoms with Crippen molar-refractivity contribution in [3.05, 3.63) is 95.6 Å². The molecule has 0 aliphatic carbocycles. The maximum Gasteiger partial charge on any atom is 0.326 e. The first-order valence-corrected chi connectivity index (χ1v) is 28.1. The van der Waals surface area contributed by atoms with Crippen LogP contribution in [0.1, 0.15) is 102 Å². The van der Waals surface area contributed by atoms with Crippen molar-refractivity contribution >= 4 is 65.0 Å². The number of carbonyl (C=O) groups is 11. The summed E-state index contributed by atoms with van der Waals surface area (Å²) in [5.74, 6) is -11.3. The van der Waals surface area contributed by atoms with E-state index in [0.29, 0.717) is 17.5 Å². The van der Waals surface area contributed by atoms with E-state index in [4.69, 9.17) is 22.9 Å². The van der Waals surface area contributed by atoms with Gasteiger partial charge in [0.15, 0.2) is 0 Å². The molecule has 9 atom stereocenters. The lowest BCUT2D eigenvalue weighted by Gasteiger charge is -2.28. The zero-order chi connectivity index (χ0) is 63.3. The monoisotopic (exact) mass is 1190 g/mol. The minimum atomic E-state index is -1.82. The Kier molecular flexibility index (Phi) is 30.0. The van der Waals surface area contributed by atoms with Crippen LogP contribution in [0.2, 0.25) is 0 Å². The Balaban J connectivity index is 1.92. The normalized spacial score (nSPS) is 14.3. The second-order valence-electron chi connectivity index (χ2n) is 21.6. The molecule has 20 N–H and O–H groups in total. The lowest BCUT2D eigenvalue weighted by atomic mass is 10.00. The molecule has 0 fully saturated rings. The number of carboxylic acids is 1. The van der Waals surface area contributed by atoms with E-state index in [1.165, 1.54) is 36.4 Å². The highest BCUT2D eigenvalue weighted by Crippen LogP contribution is 2.16. The largest absolute Gasteiger partial charge is 0.508 e. The third kappa shape index (κ3) is 26.2. The number of benzene rings is 3. The molecule has 0 aliphatic rings. The van der Waals surface area contributed by atoms with E-state index in [2.05, 4.69) is 42.5 Å². The Bertz CT molecular complexity index is 2720. The molecule has 0 unspecified atom stereocenters. The number of carbonyl (C=O) groups excluding carboxylic acids is 10. The highest BCUT2D eigenvalue weighted by Gasteiger charge is 2.36. The lowest BCUT2D eigenvalue weighted by Crippen LogP contribution is -2.61. The smallest absolute Gasteiger partial charge is 0.326 e. The molecule has 3 rings (SSSR count). The Labute approximate surface area is 493 Å². The molecule has 0 saturated heterocycles. The number of hydrogen-bond donors (Lipinski definition) is 16. The number of nitrogens with one attached hydrogen (secondary N) is 8. The summed E-state index contributed by atoms with van der Waals surface area (Å²) < 4.78 is 0. The molecule has 0 aromatic heterocycles. The molecular formula is C58H84N12O15. The van der Waals surface area contributed by atoms with Crippen molar-refractivity contribution in [2.24, 2.45) is 34.8 Å². The molecule has 466 valence electrons. The summed E-state index contributed by atoms with van der Waals surface area (Å²) in [6.07, 6.45) is -1.43. The number of phenols is 2. The molecule has 3 aromatic rings. The van der Waals surface area contributed by atoms with E-state index in [1.54, 1.807) is 70.2 Å². The highest BCUT2D eigenvalue weighted by molar-refractivity contribution is 5.98. The number of unbranched alkanes of at least 4 members (excludes halogenated alkanes) is 1. The van der Waals surface area contributed by atoms with Gasteiger partial charge in [-0.15, -0.1) is 0 Å². The summed E-state index contributed by atoms with van der Waals surface area (Å²) in [7, 11) is 0. The van der Waals surface area contributed by atoms with Crippen LogP contribution in [-0.4, -0.2) is 153 Å². The molecule has 27 nitrogen and oxygen atoms in total. The van der Waals surface area contributed by atoms with Crippen LogP contribution in [0.4, 0.5) is 0 Å². The Morgan fingerprint density at radius 3 is 1.18 bits per heavy atom. The van der Waals surface area contributed by atoms with Gasteiger partial charge in [0.1, 0.15) is 59.8 Å². The van der Waals surface area contributed by atoms with Crippen molar-refractivity contribution in [2.75, 3.05) is 13.2 Å². The van der Waals surface area contributed by atoms with Gasteiger partial charge in [0.2, 0.25) is 59.1 Å². The fraction of sp³-hybridized carbons (Fsp3) is 0.500. The Hall–Kier alpha value is -8.69. The van der Waals surface area contributed by atoms with E-state index >= 15 is 0 Å². The van der Waals surface area contributed by atoms with Crippen LogP contribution in [-0.2, 0) is 72.0 Å². The van der Waals surface area contributed by atoms with Gasteiger partial charge in [0, 0.05) is 25.7 Å². The summed E-state index contributed by atoms with van der Waals surface area (Å²) >= 11 is 0. The molecule has 3 aromatic carbocycles. The van der Waals surface area contributed by atoms with Gasteiger partial charge in [-0.25, -0.2) is 4.79 Å². The van der Waals surface area contributed by atoms with Crippen molar-refractivity contribution in [3.8, 4) is 11.5 Å². The third-order valence-electron chi connectivity index (χ3n) is 13.3. The van der Waals surface area contributed by atoms with E-state index in [0.717, 1.165) is 5.56 Å². The zero-order valence-corrected chi connectivity index (χ0v) is 48.3. The second kappa shape index (κ2) is 36.1. The van der Waals surface area contributed by atoms with Crippen molar-refractivity contribution in [1.82, 2.24) is 42.5 Å². The van der Waals surface area contributed by atoms with Crippen LogP contribution in [0.15, 0.2) is 78.9 Å². The number of rotatable bonds is 38. The Morgan fingerprint density at radius 1 is 0.424 bits per heavy atom. The summed E-state index contributed by atoms with van der Waals surface area (Å²) in [5, 5.41) is 60.3. The molecule has 0 radical (unpaired) electrons. The van der Waals surface area contributed by atoms with Crippen LogP contribution in [0.25, 0.3) is 0 Å². The lowest BCUT2D eigenvalue weighted by molar-refractivity contribution is -0.143. The first-order chi connectivity index (χ1) is 40.2. The molecule has 0 heterocycles. The highest BCUT2D eigenvalue weighted by atomic mass is 16.4. The molecule has 0 spiro atoms. The summed E-state index contributed by atoms with van der Waals surface area (Å²) in [4.78, 5) is 148. The van der Waals surface area contributed by atoms with Gasteiger partial charge in [-0.1, -0.05) is 82.3 Å². The van der Waals surface area contributed by atoms with Gasteiger partial charge in [0.25, 0.3) is 0 Å². The predicted octanol–water partition coefficient (Wildman–Crippen LogP) is -1.84. The number of hydrogen-bond acceptors (Lipinski definition) is 16. The standard InChI is InChI=1S/C58H84N12O15/c1-32(2)26-43(54(80)70-47(31-71)57(83)65-41(21-23-48(61)74)52(78)64-42(22-24-49(62)75)53(79)69-46(58(84)85)27-33(3)4)67-51(77)40(12-8-9-25-59)63-55(81)45(30-36-15-19-38(73)20-16-36)68-56(82)44(29-35-13-17-37(72)18-14-35)66-50(76)39(60)28-34-10-6-5-7-11-34/h5-7,10-11,13-20,32-33,39-47,71-73H,8-9,12,21-31,59-60H2,1-4H3,(H2,61,74)(H2,62,75)(H,63,81)(H,64,78)(H,65,83)(H,66,76)(H,67,77)(H,68,82)(H,69,79)(H,70,80)(H,84,85)/t39-,40-,41-,42-,43-,44-,45-,46-,47-/m0/s1. The van der Waals surface area contributed by atoms with E-state index in [1.807, 2.05) is 0 Å². The Morgan fingerprint density at radius 2 is 0.765 bits per heavy atom. The minimum absolute atomic E-state index is 0.00414. The zero-order valence-electron chi connectivity index (χ0n) is 48.3. The number of nitrogens with two attached hydrogens (primary N) is 4. The van der Waals surface area contributed by atoms with Crippen LogP contribution >= 0.6 is 0 Å². The van der Waals surface area contributed by atoms with E-state index in [9.17, 15) is 73.2 Å². The van der Waals surface area contributed by atoms with E-state index < -0.39 is 152 Å². The molecule has 10 amide bonds. The van der Waals surface area contributed by atoms with Crippen molar-refractivity contribution < 1.29 is 73.2 Å². The molecule has 85 heavy (non-hydrogen) atoms. The molecule has 0 saturated carbocycles. The van der Waals surface area contributed by atoms with Crippen molar-refractivity contribution in [3.63, 3.8) is 0 Å². The molecular weight excluding hydrogens is 1100 g/mol. The SMILES string of the molecule is CC(C)C[C@H](NC(=O)[C@H](CCC(N)=O)NC(=O)[C@H](CCC(N)=O)NC(=O)[C@H](CO)NC(=O)[C@H](CC(C)C)NC(=O)[C@H](CCCCN)NC(=O)[C@H](Cc1ccc(O)cc1)NC(=O)[C@H](Cc1ccc(O)cc1)NC(=O)[C@@H](N)Cc1ccccc1)C(=O)O. The van der Waals surface area contributed by atoms with Gasteiger partial charge in [-0.05, 0) is 111 Å². The van der Waals surface area contributed by atoms with E-state index in [-0.39, 0.29) is 74.8 Å². The second-order valence-corrected chi connectivity index (χ2v) is 21.6. The fourth-order valence-electron chi connectivity index (χ4n) is 8.76. The summed E-state index contributed by atoms with van der Waals surface area (Å²) in [6.45, 7) is 6.00. The number of aliphatic hydroxyl groups excluding tert-OH is 1. The third-order valence-corrected chi connectivity index (χ3v) is 13.3. The summed E-state index contributed by atoms with van der Waals surface area (Å²) in [5.41, 5.74) is 24.5. The number of aromatic hydroxyl groups is 2. The predicted molar refractivity (Wildman–Crippen MR) is 311 cm³/mol. The van der Waals surface area contributed by atoms with Gasteiger partial charge in [0.05, 0.1) is 12.6 Å². The number of amides is 10. The first-order valence-electron chi connectivity index (χ1n) is 28.1.